The van der Waals surface area contributed by atoms with Gasteiger partial charge in [-0.3, -0.25) is 0 Å². The van der Waals surface area contributed by atoms with Crippen molar-refractivity contribution in [2.24, 2.45) is 0 Å². The Bertz CT molecular complexity index is 1250. The highest BCUT2D eigenvalue weighted by Gasteiger charge is 2.43. The van der Waals surface area contributed by atoms with E-state index in [1.54, 1.807) is 11.8 Å². The summed E-state index contributed by atoms with van der Waals surface area (Å²) in [5.41, 5.74) is 0.731. The third-order valence-electron chi connectivity index (χ3n) is 4.75. The number of piperazine rings is 1. The zero-order valence-electron chi connectivity index (χ0n) is 16.7. The van der Waals surface area contributed by atoms with Crippen molar-refractivity contribution in [3.8, 4) is 11.8 Å². The van der Waals surface area contributed by atoms with Gasteiger partial charge in [0.2, 0.25) is 0 Å². The first-order valence-corrected chi connectivity index (χ1v) is 12.1. The molecule has 1 fully saturated rings. The van der Waals surface area contributed by atoms with Gasteiger partial charge in [0.15, 0.2) is 14.8 Å². The molecule has 0 bridgehead atoms. The minimum atomic E-state index is -5.18. The summed E-state index contributed by atoms with van der Waals surface area (Å²) < 4.78 is 84.6. The Morgan fingerprint density at radius 1 is 1.09 bits per heavy atom. The van der Waals surface area contributed by atoms with Gasteiger partial charge in [0, 0.05) is 25.3 Å². The standard InChI is InChI=1S/C18H19F3N6O3S2/c1-2-3-14-12-26(32(29,30)17-9-8-16(22)24-25-17)10-11-27(14)13-4-6-15(7-5-13)31(23,28)18(19,20)21/h4-9,14,23H,10-12H2,1H3,(H2,22,24). The number of aromatic nitrogens is 2. The van der Waals surface area contributed by atoms with Gasteiger partial charge < -0.3 is 10.6 Å². The van der Waals surface area contributed by atoms with Crippen LogP contribution in [0.3, 0.4) is 0 Å². The van der Waals surface area contributed by atoms with Crippen molar-refractivity contribution in [2.45, 2.75) is 28.4 Å². The molecule has 3 N–H and O–H groups in total. The molecule has 0 spiro atoms. The van der Waals surface area contributed by atoms with E-state index in [1.807, 2.05) is 0 Å². The average molecular weight is 489 g/mol. The molecule has 9 nitrogen and oxygen atoms in total. The SMILES string of the molecule is CC#CC1CN(S(=O)(=O)c2ccc(N)nn2)CCN1c1ccc(S(=N)(=O)C(F)(F)F)cc1. The summed E-state index contributed by atoms with van der Waals surface area (Å²) >= 11 is 0. The van der Waals surface area contributed by atoms with Crippen LogP contribution in [0.1, 0.15) is 6.92 Å². The van der Waals surface area contributed by atoms with Crippen LogP contribution in [0.4, 0.5) is 24.7 Å². The third kappa shape index (κ3) is 4.50. The van der Waals surface area contributed by atoms with Crippen molar-refractivity contribution in [1.29, 1.82) is 4.78 Å². The number of nitrogen functional groups attached to an aromatic ring is 1. The van der Waals surface area contributed by atoms with E-state index in [0.717, 1.165) is 12.1 Å². The van der Waals surface area contributed by atoms with Crippen LogP contribution in [0.2, 0.25) is 0 Å². The van der Waals surface area contributed by atoms with Crippen LogP contribution in [-0.2, 0) is 19.8 Å². The molecule has 0 amide bonds. The Morgan fingerprint density at radius 3 is 2.28 bits per heavy atom. The second-order valence-corrected chi connectivity index (χ2v) is 10.7. The molecule has 0 aliphatic carbocycles. The first kappa shape index (κ1) is 23.8. The van der Waals surface area contributed by atoms with Crippen molar-refractivity contribution in [1.82, 2.24) is 14.5 Å². The molecule has 1 aromatic heterocycles. The number of rotatable bonds is 4. The minimum absolute atomic E-state index is 0.0191. The summed E-state index contributed by atoms with van der Waals surface area (Å²) in [6.07, 6.45) is 0. The quantitative estimate of drug-likeness (QED) is 0.628. The Hall–Kier alpha value is -2.89. The molecule has 0 radical (unpaired) electrons. The molecule has 14 heteroatoms. The molecule has 1 aromatic carbocycles. The maximum Gasteiger partial charge on any atom is 0.483 e. The first-order chi connectivity index (χ1) is 14.9. The molecular formula is C18H19F3N6O3S2. The molecule has 1 saturated heterocycles. The normalized spacial score (nSPS) is 19.6. The Labute approximate surface area is 183 Å². The molecule has 2 heterocycles. The third-order valence-corrected chi connectivity index (χ3v) is 8.09. The van der Waals surface area contributed by atoms with Crippen LogP contribution in [-0.4, -0.2) is 58.3 Å². The molecule has 3 rings (SSSR count). The van der Waals surface area contributed by atoms with Crippen molar-refractivity contribution in [3.63, 3.8) is 0 Å². The number of nitrogens with one attached hydrogen (secondary N) is 1. The van der Waals surface area contributed by atoms with Crippen molar-refractivity contribution < 1.29 is 25.8 Å². The summed E-state index contributed by atoms with van der Waals surface area (Å²) in [4.78, 5) is 1.08. The fraction of sp³-hybridized carbons (Fsp3) is 0.333. The van der Waals surface area contributed by atoms with Gasteiger partial charge in [-0.25, -0.2) is 17.4 Å². The Kier molecular flexibility index (Phi) is 6.36. The Morgan fingerprint density at radius 2 is 1.75 bits per heavy atom. The second kappa shape index (κ2) is 8.57. The summed E-state index contributed by atoms with van der Waals surface area (Å²) in [5.74, 6) is 5.71. The van der Waals surface area contributed by atoms with Crippen molar-refractivity contribution in [3.05, 3.63) is 36.4 Å². The smallest absolute Gasteiger partial charge is 0.382 e. The van der Waals surface area contributed by atoms with Crippen LogP contribution < -0.4 is 10.6 Å². The van der Waals surface area contributed by atoms with Gasteiger partial charge in [-0.15, -0.1) is 16.1 Å². The van der Waals surface area contributed by atoms with Gasteiger partial charge in [0.1, 0.15) is 11.9 Å². The van der Waals surface area contributed by atoms with E-state index in [-0.39, 0.29) is 30.5 Å². The predicted molar refractivity (Wildman–Crippen MR) is 111 cm³/mol. The number of hydrogen-bond donors (Lipinski definition) is 2. The van der Waals surface area contributed by atoms with Crippen LogP contribution in [0, 0.1) is 16.6 Å². The number of nitrogens with zero attached hydrogens (tertiary/aromatic N) is 4. The molecule has 0 saturated carbocycles. The summed E-state index contributed by atoms with van der Waals surface area (Å²) in [6.45, 7) is 1.82. The number of sulfonamides is 1. The van der Waals surface area contributed by atoms with E-state index >= 15 is 0 Å². The van der Waals surface area contributed by atoms with E-state index in [0.29, 0.717) is 5.69 Å². The lowest BCUT2D eigenvalue weighted by Gasteiger charge is -2.39. The zero-order valence-corrected chi connectivity index (χ0v) is 18.3. The molecule has 172 valence electrons. The van der Waals surface area contributed by atoms with Gasteiger partial charge in [-0.2, -0.15) is 17.5 Å². The lowest BCUT2D eigenvalue weighted by Crippen LogP contribution is -2.54. The highest BCUT2D eigenvalue weighted by molar-refractivity contribution is 7.93. The highest BCUT2D eigenvalue weighted by atomic mass is 32.2. The van der Waals surface area contributed by atoms with E-state index in [9.17, 15) is 25.8 Å². The lowest BCUT2D eigenvalue weighted by atomic mass is 10.1. The largest absolute Gasteiger partial charge is 0.483 e. The zero-order chi connectivity index (χ0) is 23.7. The van der Waals surface area contributed by atoms with Crippen LogP contribution in [0.25, 0.3) is 0 Å². The summed E-state index contributed by atoms with van der Waals surface area (Å²) in [6, 6.07) is 6.58. The number of nitrogens with two attached hydrogens (primary N) is 1. The number of alkyl halides is 3. The topological polar surface area (TPSA) is 133 Å². The van der Waals surface area contributed by atoms with Crippen molar-refractivity contribution >= 4 is 31.3 Å². The van der Waals surface area contributed by atoms with E-state index < -0.39 is 36.2 Å². The van der Waals surface area contributed by atoms with Crippen LogP contribution in [0.5, 0.6) is 0 Å². The number of halogens is 3. The molecule has 1 aliphatic heterocycles. The molecule has 2 unspecified atom stereocenters. The van der Waals surface area contributed by atoms with E-state index in [1.165, 1.54) is 28.6 Å². The van der Waals surface area contributed by atoms with Gasteiger partial charge in [0.05, 0.1) is 4.90 Å². The maximum atomic E-state index is 12.9. The number of hydrogen-bond acceptors (Lipinski definition) is 8. The van der Waals surface area contributed by atoms with Crippen molar-refractivity contribution in [2.75, 3.05) is 30.3 Å². The fourth-order valence-electron chi connectivity index (χ4n) is 3.14. The van der Waals surface area contributed by atoms with Crippen LogP contribution in [0.15, 0.2) is 46.3 Å². The predicted octanol–water partition coefficient (Wildman–Crippen LogP) is 1.89. The summed E-state index contributed by atoms with van der Waals surface area (Å²) in [7, 11) is -8.92. The average Bonchev–Trinajstić information content (AvgIpc) is 2.73. The Balaban J connectivity index is 1.86. The van der Waals surface area contributed by atoms with E-state index in [2.05, 4.69) is 22.0 Å². The lowest BCUT2D eigenvalue weighted by molar-refractivity contribution is -0.0406. The van der Waals surface area contributed by atoms with Gasteiger partial charge >= 0.3 is 5.51 Å². The highest BCUT2D eigenvalue weighted by Crippen LogP contribution is 2.32. The molecule has 1 aliphatic rings. The van der Waals surface area contributed by atoms with Gasteiger partial charge in [-0.05, 0) is 43.3 Å². The van der Waals surface area contributed by atoms with Gasteiger partial charge in [-0.1, -0.05) is 5.92 Å². The second-order valence-electron chi connectivity index (χ2n) is 6.76. The molecular weight excluding hydrogens is 469 g/mol. The van der Waals surface area contributed by atoms with Gasteiger partial charge in [0.25, 0.3) is 10.0 Å². The maximum absolute atomic E-state index is 12.9. The van der Waals surface area contributed by atoms with Crippen LogP contribution >= 0.6 is 0 Å². The minimum Gasteiger partial charge on any atom is -0.382 e. The summed E-state index contributed by atoms with van der Waals surface area (Å²) in [5, 5.41) is 6.94. The molecule has 2 aromatic rings. The number of benzene rings is 1. The fourth-order valence-corrected chi connectivity index (χ4v) is 5.23. The number of anilines is 2. The molecule has 32 heavy (non-hydrogen) atoms. The first-order valence-electron chi connectivity index (χ1n) is 9.11. The molecule has 2 atom stereocenters. The van der Waals surface area contributed by atoms with E-state index in [4.69, 9.17) is 10.5 Å². The monoisotopic (exact) mass is 488 g/mol.